The maximum atomic E-state index is 5.97. The minimum absolute atomic E-state index is 0.145. The summed E-state index contributed by atoms with van der Waals surface area (Å²) in [6.45, 7) is 1.91. The van der Waals surface area contributed by atoms with E-state index in [1.165, 1.54) is 0 Å². The lowest BCUT2D eigenvalue weighted by Gasteiger charge is -2.21. The van der Waals surface area contributed by atoms with Crippen LogP contribution in [0, 0.1) is 0 Å². The molecule has 0 spiro atoms. The number of hydrogen-bond acceptors (Lipinski definition) is 4. The first-order valence-corrected chi connectivity index (χ1v) is 6.37. The van der Waals surface area contributed by atoms with Gasteiger partial charge in [-0.1, -0.05) is 0 Å². The van der Waals surface area contributed by atoms with Gasteiger partial charge in [0.1, 0.15) is 11.9 Å². The fourth-order valence-electron chi connectivity index (χ4n) is 1.67. The van der Waals surface area contributed by atoms with Crippen molar-refractivity contribution in [2.75, 3.05) is 0 Å². The number of rotatable bonds is 4. The van der Waals surface area contributed by atoms with Crippen LogP contribution in [-0.2, 0) is 7.05 Å². The fourth-order valence-corrected chi connectivity index (χ4v) is 2.01. The summed E-state index contributed by atoms with van der Waals surface area (Å²) in [5.74, 6) is 0.676. The predicted octanol–water partition coefficient (Wildman–Crippen LogP) is 2.04. The molecule has 0 fully saturated rings. The highest BCUT2D eigenvalue weighted by Crippen LogP contribution is 2.25. The molecule has 18 heavy (non-hydrogen) atoms. The Balaban J connectivity index is 2.22. The van der Waals surface area contributed by atoms with E-state index in [9.17, 15) is 0 Å². The standard InChI is InChI=1S/C12H15BrN4O/c1-8(14)12(9-4-16-17(2)7-9)18-11-3-10(13)5-15-6-11/h3-8,12H,14H2,1-2H3. The Bertz CT molecular complexity index is 526. The summed E-state index contributed by atoms with van der Waals surface area (Å²) in [5, 5.41) is 4.14. The average Bonchev–Trinajstić information content (AvgIpc) is 2.72. The third-order valence-electron chi connectivity index (χ3n) is 2.47. The molecule has 2 N–H and O–H groups in total. The van der Waals surface area contributed by atoms with Crippen molar-refractivity contribution in [3.63, 3.8) is 0 Å². The zero-order chi connectivity index (χ0) is 13.1. The van der Waals surface area contributed by atoms with Gasteiger partial charge in [-0.05, 0) is 28.9 Å². The third kappa shape index (κ3) is 3.08. The van der Waals surface area contributed by atoms with Gasteiger partial charge in [-0.15, -0.1) is 0 Å². The molecule has 0 aromatic carbocycles. The van der Waals surface area contributed by atoms with Crippen LogP contribution < -0.4 is 10.5 Å². The van der Waals surface area contributed by atoms with E-state index < -0.39 is 0 Å². The SMILES string of the molecule is CC(N)C(Oc1cncc(Br)c1)c1cnn(C)c1. The van der Waals surface area contributed by atoms with E-state index >= 15 is 0 Å². The summed E-state index contributed by atoms with van der Waals surface area (Å²) in [4.78, 5) is 4.06. The minimum Gasteiger partial charge on any atom is -0.482 e. The van der Waals surface area contributed by atoms with Gasteiger partial charge in [0.2, 0.25) is 0 Å². The molecular formula is C12H15BrN4O. The lowest BCUT2D eigenvalue weighted by Crippen LogP contribution is -2.28. The number of nitrogens with zero attached hydrogens (tertiary/aromatic N) is 3. The summed E-state index contributed by atoms with van der Waals surface area (Å²) >= 11 is 3.36. The first kappa shape index (κ1) is 13.0. The molecule has 0 amide bonds. The van der Waals surface area contributed by atoms with Gasteiger partial charge in [0.15, 0.2) is 0 Å². The number of halogens is 1. The zero-order valence-corrected chi connectivity index (χ0v) is 11.8. The maximum Gasteiger partial charge on any atom is 0.142 e. The molecule has 96 valence electrons. The Morgan fingerprint density at radius 3 is 2.72 bits per heavy atom. The van der Waals surface area contributed by atoms with Crippen molar-refractivity contribution in [3.05, 3.63) is 40.9 Å². The van der Waals surface area contributed by atoms with Gasteiger partial charge in [0.25, 0.3) is 0 Å². The van der Waals surface area contributed by atoms with E-state index in [0.29, 0.717) is 5.75 Å². The third-order valence-corrected chi connectivity index (χ3v) is 2.91. The highest BCUT2D eigenvalue weighted by atomic mass is 79.9. The summed E-state index contributed by atoms with van der Waals surface area (Å²) < 4.78 is 8.48. The highest BCUT2D eigenvalue weighted by Gasteiger charge is 2.20. The van der Waals surface area contributed by atoms with Crippen LogP contribution in [0.2, 0.25) is 0 Å². The quantitative estimate of drug-likeness (QED) is 0.938. The smallest absolute Gasteiger partial charge is 0.142 e. The topological polar surface area (TPSA) is 66.0 Å². The number of nitrogens with two attached hydrogens (primary N) is 1. The van der Waals surface area contributed by atoms with E-state index in [1.807, 2.05) is 26.2 Å². The number of hydrogen-bond donors (Lipinski definition) is 1. The molecule has 0 aliphatic heterocycles. The van der Waals surface area contributed by atoms with Crippen LogP contribution in [0.25, 0.3) is 0 Å². The van der Waals surface area contributed by atoms with Crippen molar-refractivity contribution in [3.8, 4) is 5.75 Å². The van der Waals surface area contributed by atoms with Crippen molar-refractivity contribution in [1.82, 2.24) is 14.8 Å². The molecule has 0 aliphatic carbocycles. The first-order valence-electron chi connectivity index (χ1n) is 5.57. The normalized spacial score (nSPS) is 14.2. The van der Waals surface area contributed by atoms with Crippen molar-refractivity contribution in [2.24, 2.45) is 12.8 Å². The van der Waals surface area contributed by atoms with Crippen LogP contribution in [-0.4, -0.2) is 20.8 Å². The summed E-state index contributed by atoms with van der Waals surface area (Å²) in [6, 6.07) is 1.71. The van der Waals surface area contributed by atoms with Gasteiger partial charge < -0.3 is 10.5 Å². The molecule has 2 unspecified atom stereocenters. The van der Waals surface area contributed by atoms with Crippen LogP contribution in [0.3, 0.4) is 0 Å². The van der Waals surface area contributed by atoms with Crippen molar-refractivity contribution in [2.45, 2.75) is 19.1 Å². The number of pyridine rings is 1. The van der Waals surface area contributed by atoms with E-state index in [-0.39, 0.29) is 12.1 Å². The van der Waals surface area contributed by atoms with Crippen LogP contribution >= 0.6 is 15.9 Å². The lowest BCUT2D eigenvalue weighted by atomic mass is 10.1. The maximum absolute atomic E-state index is 5.97. The molecule has 2 heterocycles. The largest absolute Gasteiger partial charge is 0.482 e. The number of aromatic nitrogens is 3. The Kier molecular flexibility index (Phi) is 3.98. The number of ether oxygens (including phenoxy) is 1. The number of aryl methyl sites for hydroxylation is 1. The van der Waals surface area contributed by atoms with Gasteiger partial charge in [-0.25, -0.2) is 0 Å². The Morgan fingerprint density at radius 2 is 2.17 bits per heavy atom. The predicted molar refractivity (Wildman–Crippen MR) is 72.2 cm³/mol. The van der Waals surface area contributed by atoms with Crippen molar-refractivity contribution >= 4 is 15.9 Å². The Hall–Kier alpha value is -1.40. The second-order valence-electron chi connectivity index (χ2n) is 4.18. The molecule has 2 rings (SSSR count). The van der Waals surface area contributed by atoms with Crippen molar-refractivity contribution < 1.29 is 4.74 Å². The second-order valence-corrected chi connectivity index (χ2v) is 5.10. The Labute approximate surface area is 114 Å². The van der Waals surface area contributed by atoms with Gasteiger partial charge in [0.05, 0.1) is 12.4 Å². The molecule has 0 saturated carbocycles. The molecule has 2 atom stereocenters. The van der Waals surface area contributed by atoms with E-state index in [4.69, 9.17) is 10.5 Å². The van der Waals surface area contributed by atoms with Crippen LogP contribution in [0.5, 0.6) is 5.75 Å². The molecule has 0 bridgehead atoms. The van der Waals surface area contributed by atoms with Crippen molar-refractivity contribution in [1.29, 1.82) is 0 Å². The van der Waals surface area contributed by atoms with Gasteiger partial charge in [-0.3, -0.25) is 9.67 Å². The zero-order valence-electron chi connectivity index (χ0n) is 10.2. The summed E-state index contributed by atoms with van der Waals surface area (Å²) in [5.41, 5.74) is 6.92. The molecule has 6 heteroatoms. The van der Waals surface area contributed by atoms with E-state index in [2.05, 4.69) is 26.0 Å². The summed E-state index contributed by atoms with van der Waals surface area (Å²) in [6.07, 6.45) is 6.79. The lowest BCUT2D eigenvalue weighted by molar-refractivity contribution is 0.179. The average molecular weight is 311 g/mol. The van der Waals surface area contributed by atoms with Gasteiger partial charge >= 0.3 is 0 Å². The fraction of sp³-hybridized carbons (Fsp3) is 0.333. The molecule has 2 aromatic rings. The minimum atomic E-state index is -0.241. The van der Waals surface area contributed by atoms with Crippen LogP contribution in [0.4, 0.5) is 0 Å². The van der Waals surface area contributed by atoms with E-state index in [1.54, 1.807) is 23.3 Å². The van der Waals surface area contributed by atoms with Crippen LogP contribution in [0.1, 0.15) is 18.6 Å². The van der Waals surface area contributed by atoms with Gasteiger partial charge in [0, 0.05) is 35.5 Å². The first-order chi connectivity index (χ1) is 8.56. The van der Waals surface area contributed by atoms with Crippen LogP contribution in [0.15, 0.2) is 35.3 Å². The monoisotopic (exact) mass is 310 g/mol. The Morgan fingerprint density at radius 1 is 1.39 bits per heavy atom. The molecule has 0 aliphatic rings. The van der Waals surface area contributed by atoms with Gasteiger partial charge in [-0.2, -0.15) is 5.10 Å². The second kappa shape index (κ2) is 5.49. The molecule has 0 saturated heterocycles. The molecular weight excluding hydrogens is 296 g/mol. The molecule has 2 aromatic heterocycles. The summed E-state index contributed by atoms with van der Waals surface area (Å²) in [7, 11) is 1.86. The molecule has 0 radical (unpaired) electrons. The highest BCUT2D eigenvalue weighted by molar-refractivity contribution is 9.10. The van der Waals surface area contributed by atoms with E-state index in [0.717, 1.165) is 10.0 Å². The molecule has 5 nitrogen and oxygen atoms in total.